The first kappa shape index (κ1) is 70.3. The van der Waals surface area contributed by atoms with E-state index in [9.17, 15) is 0 Å². The summed E-state index contributed by atoms with van der Waals surface area (Å²) in [5.41, 5.74) is 31.8. The van der Waals surface area contributed by atoms with Crippen molar-refractivity contribution >= 4 is 60.5 Å². The van der Waals surface area contributed by atoms with Crippen molar-refractivity contribution in [3.63, 3.8) is 0 Å². The van der Waals surface area contributed by atoms with Gasteiger partial charge in [-0.15, -0.1) is 0 Å². The van der Waals surface area contributed by atoms with Gasteiger partial charge in [0.1, 0.15) is 5.82 Å². The fourth-order valence-electron chi connectivity index (χ4n) is 18.1. The van der Waals surface area contributed by atoms with Gasteiger partial charge in [0.2, 0.25) is 0 Å². The van der Waals surface area contributed by atoms with Crippen molar-refractivity contribution in [2.24, 2.45) is 5.92 Å². The van der Waals surface area contributed by atoms with E-state index in [-0.39, 0.29) is 23.7 Å². The summed E-state index contributed by atoms with van der Waals surface area (Å²) in [4.78, 5) is 16.4. The fraction of sp³-hybridized carbons (Fsp3) is 0.0804. The summed E-state index contributed by atoms with van der Waals surface area (Å²) in [6, 6.07) is 117. The highest BCUT2D eigenvalue weighted by molar-refractivity contribution is 6.11. The lowest BCUT2D eigenvalue weighted by Gasteiger charge is -2.23. The van der Waals surface area contributed by atoms with E-state index < -0.39 is 0 Å². The quantitative estimate of drug-likeness (QED) is 0.0906. The lowest BCUT2D eigenvalue weighted by molar-refractivity contribution is 0.744. The van der Waals surface area contributed by atoms with Crippen molar-refractivity contribution in [3.8, 4) is 95.7 Å². The van der Waals surface area contributed by atoms with Crippen LogP contribution in [-0.2, 0) is 0 Å². The van der Waals surface area contributed by atoms with Gasteiger partial charge in [-0.3, -0.25) is 0 Å². The number of hydrogen-bond acceptors (Lipinski definition) is 3. The second kappa shape index (κ2) is 30.7. The molecule has 13 aromatic carbocycles. The van der Waals surface area contributed by atoms with Gasteiger partial charge in [-0.1, -0.05) is 333 Å². The molecule has 3 heterocycles. The van der Waals surface area contributed by atoms with Crippen molar-refractivity contribution in [1.29, 1.82) is 0 Å². The van der Waals surface area contributed by atoms with Crippen molar-refractivity contribution in [2.75, 3.05) is 0 Å². The molecule has 5 aliphatic carbocycles. The number of benzene rings is 13. The summed E-state index contributed by atoms with van der Waals surface area (Å²) in [7, 11) is 0. The highest BCUT2D eigenvalue weighted by atomic mass is 15.0. The zero-order valence-corrected chi connectivity index (χ0v) is 64.8. The van der Waals surface area contributed by atoms with Crippen LogP contribution in [0, 0.1) is 17.8 Å². The van der Waals surface area contributed by atoms with E-state index in [0.29, 0.717) is 18.1 Å². The molecular weight excluding hydrogens is 1420 g/mol. The highest BCUT2D eigenvalue weighted by Gasteiger charge is 2.26. The zero-order valence-electron chi connectivity index (χ0n) is 64.8. The normalized spacial score (nSPS) is 17.1. The minimum absolute atomic E-state index is 0.133. The van der Waals surface area contributed by atoms with E-state index in [1.165, 1.54) is 116 Å². The lowest BCUT2D eigenvalue weighted by atomic mass is 9.82. The Balaban J connectivity index is 0.558. The van der Waals surface area contributed by atoms with Crippen LogP contribution in [0.5, 0.6) is 0 Å². The molecule has 21 rings (SSSR count). The highest BCUT2D eigenvalue weighted by Crippen LogP contribution is 2.43. The van der Waals surface area contributed by atoms with Crippen molar-refractivity contribution in [1.82, 2.24) is 24.1 Å². The van der Waals surface area contributed by atoms with Gasteiger partial charge in [0.05, 0.1) is 22.1 Å². The maximum atomic E-state index is 5.49. The van der Waals surface area contributed by atoms with Crippen molar-refractivity contribution < 1.29 is 0 Å². The molecule has 0 radical (unpaired) electrons. The molecule has 0 saturated heterocycles. The lowest BCUT2D eigenvalue weighted by Crippen LogP contribution is -2.12. The first-order chi connectivity index (χ1) is 57.9. The molecular formula is C112H81N5. The molecule has 0 N–H and O–H groups in total. The fourth-order valence-corrected chi connectivity index (χ4v) is 18.1. The Labute approximate surface area is 683 Å². The molecule has 0 saturated carbocycles. The smallest absolute Gasteiger partial charge is 0.163 e. The van der Waals surface area contributed by atoms with Crippen LogP contribution in [0.15, 0.2) is 423 Å². The molecule has 554 valence electrons. The minimum atomic E-state index is -0.133. The Hall–Kier alpha value is -14.6. The third-order valence-electron chi connectivity index (χ3n) is 24.2. The monoisotopic (exact) mass is 1500 g/mol. The van der Waals surface area contributed by atoms with Crippen LogP contribution in [0.4, 0.5) is 0 Å². The summed E-state index contributed by atoms with van der Waals surface area (Å²) >= 11 is 0. The van der Waals surface area contributed by atoms with Crippen LogP contribution in [-0.4, -0.2) is 24.1 Å². The van der Waals surface area contributed by atoms with Crippen LogP contribution in [0.25, 0.3) is 144 Å². The van der Waals surface area contributed by atoms with Gasteiger partial charge in [-0.05, 0) is 216 Å². The Kier molecular flexibility index (Phi) is 18.5. The number of allylic oxidation sites excluding steroid dienone is 20. The first-order valence-corrected chi connectivity index (χ1v) is 41.0. The molecule has 16 aromatic rings. The van der Waals surface area contributed by atoms with Gasteiger partial charge in [-0.25, -0.2) is 15.0 Å². The largest absolute Gasteiger partial charge is 0.310 e. The van der Waals surface area contributed by atoms with Crippen LogP contribution in [0.1, 0.15) is 78.2 Å². The number of nitrogens with zero attached hydrogens (tertiary/aromatic N) is 5. The maximum absolute atomic E-state index is 5.49. The number of rotatable bonds is 16. The molecule has 0 amide bonds. The molecule has 0 spiro atoms. The van der Waals surface area contributed by atoms with Gasteiger partial charge in [0.15, 0.2) is 11.6 Å². The van der Waals surface area contributed by atoms with E-state index in [4.69, 9.17) is 15.0 Å². The summed E-state index contributed by atoms with van der Waals surface area (Å²) in [6.45, 7) is 0. The van der Waals surface area contributed by atoms with Gasteiger partial charge in [0.25, 0.3) is 0 Å². The van der Waals surface area contributed by atoms with E-state index >= 15 is 0 Å². The zero-order chi connectivity index (χ0) is 77.5. The molecule has 0 bridgehead atoms. The molecule has 4 unspecified atom stereocenters. The van der Waals surface area contributed by atoms with Crippen LogP contribution >= 0.6 is 0 Å². The van der Waals surface area contributed by atoms with E-state index in [1.54, 1.807) is 0 Å². The van der Waals surface area contributed by atoms with Crippen molar-refractivity contribution in [3.05, 3.63) is 452 Å². The molecule has 5 heteroatoms. The number of aromatic nitrogens is 5. The third kappa shape index (κ3) is 13.9. The Morgan fingerprint density at radius 1 is 0.299 bits per heavy atom. The first-order valence-electron chi connectivity index (χ1n) is 41.0. The Morgan fingerprint density at radius 3 is 1.28 bits per heavy atom. The summed E-state index contributed by atoms with van der Waals surface area (Å²) < 4.78 is 4.79. The van der Waals surface area contributed by atoms with Gasteiger partial charge in [0, 0.05) is 74.2 Å². The summed E-state index contributed by atoms with van der Waals surface area (Å²) in [5, 5.41) is 5.07. The molecule has 5 aliphatic rings. The third-order valence-corrected chi connectivity index (χ3v) is 24.2. The molecule has 117 heavy (non-hydrogen) atoms. The summed E-state index contributed by atoms with van der Waals surface area (Å²) in [6.07, 6.45) is 36.6. The van der Waals surface area contributed by atoms with Gasteiger partial charge >= 0.3 is 0 Å². The minimum Gasteiger partial charge on any atom is -0.310 e. The maximum Gasteiger partial charge on any atom is 0.163 e. The predicted molar refractivity (Wildman–Crippen MR) is 488 cm³/mol. The average molecular weight is 1500 g/mol. The molecule has 5 nitrogen and oxygen atoms in total. The van der Waals surface area contributed by atoms with Crippen LogP contribution in [0.3, 0.4) is 0 Å². The molecule has 0 aliphatic heterocycles. The van der Waals surface area contributed by atoms with E-state index in [2.05, 4.69) is 428 Å². The van der Waals surface area contributed by atoms with Gasteiger partial charge < -0.3 is 9.13 Å². The SMILES string of the molecule is C1#CCC(c2cccc(-c3ccc(-n4c5ccccc5c5ccccc54)cc3)c2)=CC(C2=CC(c3nc(C4=CCC(C5=CCC(c6cccc(-c7cccc(-c8cccc(-c9ccccc9)c8)c7)c6)C=C5)C=C4)nc(-c4cccc(-c5cccc(-c6cccc(C7C=CC(n8c9ccccc9c9ccccc98)=CC7)c6)c5)c4)n3)CC=C2)=C1. The van der Waals surface area contributed by atoms with E-state index in [0.717, 1.165) is 87.3 Å². The molecule has 0 fully saturated rings. The second-order valence-corrected chi connectivity index (χ2v) is 31.4. The number of fused-ring (bicyclic) bond motifs is 6. The van der Waals surface area contributed by atoms with Gasteiger partial charge in [-0.2, -0.15) is 0 Å². The average Bonchev–Trinajstić information content (AvgIpc) is 1.61. The molecule has 4 atom stereocenters. The second-order valence-electron chi connectivity index (χ2n) is 31.4. The number of para-hydroxylation sites is 4. The van der Waals surface area contributed by atoms with E-state index in [1.807, 2.05) is 0 Å². The van der Waals surface area contributed by atoms with Crippen LogP contribution < -0.4 is 0 Å². The molecule has 3 aromatic heterocycles. The topological polar surface area (TPSA) is 48.5 Å². The number of hydrogen-bond donors (Lipinski definition) is 0. The Bertz CT molecular complexity index is 6950. The standard InChI is InChI=1S/C112H81N5/c1-2-22-75(23-3-1)82-26-14-31-89(66-82)92-34-18-35-93(71-92)90-32-15-27-83(67-90)78-52-50-76(51-53-78)77-54-56-81(57-55-77)110-113-111(98-40-20-38-96(73-98)87-25-5-4-24-86(70-87)88-30-16-28-84(68-88)79-58-62-100(63-59-79)116-106-46-10-6-42-102(106)103-43-7-11-47-107(103)116)115-112(114-110)99-41-21-39-97(74-99)95-37-19-36-94(72-95)91-33-17-29-85(69-91)80-60-64-101(65-61-80)117-108-48-12-8-44-104(108)105-45-9-13-49-109(105)117/h1-3,6-23,25-39,41-52,54,56-60,62-74,77-78,80,98H,24,40,53,55,61H2. The Morgan fingerprint density at radius 2 is 0.744 bits per heavy atom. The summed E-state index contributed by atoms with van der Waals surface area (Å²) in [5.74, 6) is 9.60. The van der Waals surface area contributed by atoms with Crippen molar-refractivity contribution in [2.45, 2.75) is 49.9 Å². The predicted octanol–water partition coefficient (Wildman–Crippen LogP) is 28.3. The van der Waals surface area contributed by atoms with Crippen LogP contribution in [0.2, 0.25) is 0 Å².